The molecule has 0 saturated carbocycles. The number of anilines is 1. The van der Waals surface area contributed by atoms with Crippen molar-refractivity contribution in [3.8, 4) is 0 Å². The second-order valence-corrected chi connectivity index (χ2v) is 7.61. The van der Waals surface area contributed by atoms with Crippen LogP contribution in [0.4, 0.5) is 5.69 Å². The van der Waals surface area contributed by atoms with E-state index in [2.05, 4.69) is 82.2 Å². The molecule has 0 aliphatic heterocycles. The smallest absolute Gasteiger partial charge is 0.0631 e. The highest BCUT2D eigenvalue weighted by Gasteiger charge is 2.12. The Morgan fingerprint density at radius 2 is 1.45 bits per heavy atom. The van der Waals surface area contributed by atoms with Crippen LogP contribution in [0, 0.1) is 0 Å². The molecule has 0 fully saturated rings. The van der Waals surface area contributed by atoms with Gasteiger partial charge in [0.2, 0.25) is 0 Å². The predicted molar refractivity (Wildman–Crippen MR) is 94.3 cm³/mol. The number of para-hydroxylation sites is 1. The zero-order valence-electron chi connectivity index (χ0n) is 12.0. The van der Waals surface area contributed by atoms with Crippen LogP contribution in [0.3, 0.4) is 0 Å². The van der Waals surface area contributed by atoms with E-state index < -0.39 is 0 Å². The van der Waals surface area contributed by atoms with E-state index in [1.54, 1.807) is 0 Å². The summed E-state index contributed by atoms with van der Waals surface area (Å²) >= 11 is 7.13. The Kier molecular flexibility index (Phi) is 4.92. The number of hydrogen-bond donors (Lipinski definition) is 1. The fourth-order valence-corrected chi connectivity index (χ4v) is 3.26. The van der Waals surface area contributed by atoms with Crippen LogP contribution in [0.5, 0.6) is 0 Å². The van der Waals surface area contributed by atoms with Crippen LogP contribution < -0.4 is 5.32 Å². The van der Waals surface area contributed by atoms with Gasteiger partial charge in [0.25, 0.3) is 0 Å². The molecule has 2 rings (SSSR count). The molecule has 0 radical (unpaired) electrons. The lowest BCUT2D eigenvalue weighted by atomic mass is 9.87. The second kappa shape index (κ2) is 6.31. The minimum Gasteiger partial charge on any atom is -0.379 e. The Bertz CT molecular complexity index is 563. The molecular weight excluding hydrogens is 378 g/mol. The highest BCUT2D eigenvalue weighted by atomic mass is 79.9. The van der Waals surface area contributed by atoms with Crippen LogP contribution in [-0.4, -0.2) is 0 Å². The fourth-order valence-electron chi connectivity index (χ4n) is 1.98. The summed E-state index contributed by atoms with van der Waals surface area (Å²) in [6, 6.07) is 14.9. The largest absolute Gasteiger partial charge is 0.379 e. The standard InChI is InChI=1S/C17H19Br2N/c1-17(2,3)13-9-7-12(8-10-13)11-20-16-14(18)5-4-6-15(16)19/h4-10,20H,11H2,1-3H3. The number of halogens is 2. The molecule has 0 aliphatic rings. The van der Waals surface area contributed by atoms with Crippen molar-refractivity contribution in [2.45, 2.75) is 32.7 Å². The Balaban J connectivity index is 2.08. The predicted octanol–water partition coefficient (Wildman–Crippen LogP) is 6.12. The van der Waals surface area contributed by atoms with Gasteiger partial charge in [0.05, 0.1) is 5.69 Å². The summed E-state index contributed by atoms with van der Waals surface area (Å²) in [7, 11) is 0. The van der Waals surface area contributed by atoms with E-state index >= 15 is 0 Å². The molecule has 1 N–H and O–H groups in total. The van der Waals surface area contributed by atoms with E-state index in [1.807, 2.05) is 18.2 Å². The summed E-state index contributed by atoms with van der Waals surface area (Å²) in [5, 5.41) is 3.46. The SMILES string of the molecule is CC(C)(C)c1ccc(CNc2c(Br)cccc2Br)cc1. The second-order valence-electron chi connectivity index (χ2n) is 5.90. The van der Waals surface area contributed by atoms with Gasteiger partial charge in [-0.3, -0.25) is 0 Å². The van der Waals surface area contributed by atoms with Crippen molar-refractivity contribution >= 4 is 37.5 Å². The van der Waals surface area contributed by atoms with Crippen molar-refractivity contribution < 1.29 is 0 Å². The van der Waals surface area contributed by atoms with Crippen molar-refractivity contribution in [1.29, 1.82) is 0 Å². The van der Waals surface area contributed by atoms with Gasteiger partial charge in [0.15, 0.2) is 0 Å². The van der Waals surface area contributed by atoms with E-state index in [0.29, 0.717) is 0 Å². The Morgan fingerprint density at radius 1 is 0.900 bits per heavy atom. The van der Waals surface area contributed by atoms with Crippen molar-refractivity contribution in [2.24, 2.45) is 0 Å². The molecule has 2 aromatic carbocycles. The minimum absolute atomic E-state index is 0.206. The van der Waals surface area contributed by atoms with E-state index in [-0.39, 0.29) is 5.41 Å². The van der Waals surface area contributed by atoms with Crippen LogP contribution in [0.2, 0.25) is 0 Å². The molecule has 106 valence electrons. The van der Waals surface area contributed by atoms with Crippen molar-refractivity contribution in [2.75, 3.05) is 5.32 Å². The van der Waals surface area contributed by atoms with Gasteiger partial charge < -0.3 is 5.32 Å². The lowest BCUT2D eigenvalue weighted by Crippen LogP contribution is -2.11. The summed E-state index contributed by atoms with van der Waals surface area (Å²) in [5.74, 6) is 0. The van der Waals surface area contributed by atoms with Crippen LogP contribution in [0.15, 0.2) is 51.4 Å². The highest BCUT2D eigenvalue weighted by molar-refractivity contribution is 9.11. The molecule has 0 atom stereocenters. The molecule has 1 nitrogen and oxygen atoms in total. The molecule has 3 heteroatoms. The third-order valence-corrected chi connectivity index (χ3v) is 4.57. The fraction of sp³-hybridized carbons (Fsp3) is 0.294. The molecule has 0 heterocycles. The first kappa shape index (κ1) is 15.6. The first-order valence-corrected chi connectivity index (χ1v) is 8.24. The Hall–Kier alpha value is -0.800. The van der Waals surface area contributed by atoms with Crippen LogP contribution in [0.25, 0.3) is 0 Å². The molecule has 0 amide bonds. The Labute approximate surface area is 138 Å². The number of rotatable bonds is 3. The minimum atomic E-state index is 0.206. The zero-order valence-corrected chi connectivity index (χ0v) is 15.2. The van der Waals surface area contributed by atoms with Crippen LogP contribution in [-0.2, 0) is 12.0 Å². The summed E-state index contributed by atoms with van der Waals surface area (Å²) in [4.78, 5) is 0. The molecule has 0 spiro atoms. The van der Waals surface area contributed by atoms with Crippen LogP contribution >= 0.6 is 31.9 Å². The van der Waals surface area contributed by atoms with E-state index in [4.69, 9.17) is 0 Å². The van der Waals surface area contributed by atoms with Gasteiger partial charge in [0.1, 0.15) is 0 Å². The Morgan fingerprint density at radius 3 is 1.95 bits per heavy atom. The summed E-state index contributed by atoms with van der Waals surface area (Å²) < 4.78 is 2.14. The highest BCUT2D eigenvalue weighted by Crippen LogP contribution is 2.31. The normalized spacial score (nSPS) is 11.4. The third kappa shape index (κ3) is 3.86. The first-order chi connectivity index (χ1) is 9.38. The first-order valence-electron chi connectivity index (χ1n) is 6.65. The maximum Gasteiger partial charge on any atom is 0.0631 e. The van der Waals surface area contributed by atoms with E-state index in [9.17, 15) is 0 Å². The molecular formula is C17H19Br2N. The van der Waals surface area contributed by atoms with E-state index in [1.165, 1.54) is 11.1 Å². The van der Waals surface area contributed by atoms with Gasteiger partial charge in [-0.2, -0.15) is 0 Å². The van der Waals surface area contributed by atoms with Crippen molar-refractivity contribution in [3.05, 3.63) is 62.5 Å². The molecule has 20 heavy (non-hydrogen) atoms. The topological polar surface area (TPSA) is 12.0 Å². The average Bonchev–Trinajstić information content (AvgIpc) is 2.37. The summed E-state index contributed by atoms with van der Waals surface area (Å²) in [5.41, 5.74) is 3.94. The van der Waals surface area contributed by atoms with Crippen molar-refractivity contribution in [1.82, 2.24) is 0 Å². The van der Waals surface area contributed by atoms with Gasteiger partial charge in [-0.15, -0.1) is 0 Å². The molecule has 0 bridgehead atoms. The van der Waals surface area contributed by atoms with Gasteiger partial charge in [-0.05, 0) is 60.5 Å². The lowest BCUT2D eigenvalue weighted by Gasteiger charge is -2.19. The maximum atomic E-state index is 3.57. The number of benzene rings is 2. The molecule has 0 aliphatic carbocycles. The quantitative estimate of drug-likeness (QED) is 0.658. The van der Waals surface area contributed by atoms with Gasteiger partial charge in [0, 0.05) is 15.5 Å². The number of nitrogens with one attached hydrogen (secondary N) is 1. The van der Waals surface area contributed by atoms with Gasteiger partial charge >= 0.3 is 0 Å². The average molecular weight is 397 g/mol. The molecule has 0 unspecified atom stereocenters. The zero-order chi connectivity index (χ0) is 14.8. The van der Waals surface area contributed by atoms with Gasteiger partial charge in [-0.1, -0.05) is 51.1 Å². The monoisotopic (exact) mass is 395 g/mol. The van der Waals surface area contributed by atoms with Crippen molar-refractivity contribution in [3.63, 3.8) is 0 Å². The van der Waals surface area contributed by atoms with E-state index in [0.717, 1.165) is 21.2 Å². The van der Waals surface area contributed by atoms with Crippen LogP contribution in [0.1, 0.15) is 31.9 Å². The summed E-state index contributed by atoms with van der Waals surface area (Å²) in [6.45, 7) is 7.51. The number of hydrogen-bond acceptors (Lipinski definition) is 1. The molecule has 0 aromatic heterocycles. The lowest BCUT2D eigenvalue weighted by molar-refractivity contribution is 0.590. The molecule has 0 saturated heterocycles. The summed E-state index contributed by atoms with van der Waals surface area (Å²) in [6.07, 6.45) is 0. The maximum absolute atomic E-state index is 3.57. The molecule has 2 aromatic rings. The van der Waals surface area contributed by atoms with Gasteiger partial charge in [-0.25, -0.2) is 0 Å². The third-order valence-electron chi connectivity index (χ3n) is 3.25.